The van der Waals surface area contributed by atoms with Gasteiger partial charge >= 0.3 is 0 Å². The number of amides is 1. The normalized spacial score (nSPS) is 10.7. The third-order valence-corrected chi connectivity index (χ3v) is 2.66. The minimum absolute atomic E-state index is 0.311. The molecule has 0 aliphatic rings. The number of nitrogens with one attached hydrogen (secondary N) is 1. The lowest BCUT2D eigenvalue weighted by Crippen LogP contribution is -2.27. The van der Waals surface area contributed by atoms with Crippen LogP contribution in [-0.2, 0) is 6.54 Å². The van der Waals surface area contributed by atoms with Crippen molar-refractivity contribution >= 4 is 5.91 Å². The smallest absolute Gasteiger partial charge is 0.267 e. The Morgan fingerprint density at radius 1 is 1.44 bits per heavy atom. The molecule has 3 N–H and O–H groups in total. The Labute approximate surface area is 96.3 Å². The van der Waals surface area contributed by atoms with Crippen molar-refractivity contribution in [2.45, 2.75) is 39.3 Å². The quantitative estimate of drug-likeness (QED) is 0.764. The summed E-state index contributed by atoms with van der Waals surface area (Å²) in [7, 11) is 0. The van der Waals surface area contributed by atoms with E-state index in [0.717, 1.165) is 24.9 Å². The highest BCUT2D eigenvalue weighted by molar-refractivity contribution is 5.90. The predicted molar refractivity (Wildman–Crippen MR) is 64.0 cm³/mol. The molecule has 4 heteroatoms. The zero-order valence-electron chi connectivity index (χ0n) is 9.86. The maximum absolute atomic E-state index is 10.8. The molecular formula is C12H19N3O. The number of primary amides is 1. The van der Waals surface area contributed by atoms with Crippen molar-refractivity contribution in [2.75, 3.05) is 0 Å². The molecule has 0 bridgehead atoms. The van der Waals surface area contributed by atoms with Gasteiger partial charge in [-0.3, -0.25) is 9.78 Å². The monoisotopic (exact) mass is 221 g/mol. The second-order valence-electron chi connectivity index (χ2n) is 3.81. The third kappa shape index (κ3) is 3.62. The number of carbonyl (C=O) groups excluding carboxylic acids is 1. The van der Waals surface area contributed by atoms with E-state index in [1.165, 1.54) is 0 Å². The first-order valence-electron chi connectivity index (χ1n) is 5.65. The maximum Gasteiger partial charge on any atom is 0.267 e. The van der Waals surface area contributed by atoms with E-state index in [0.29, 0.717) is 11.7 Å². The number of hydrogen-bond donors (Lipinski definition) is 2. The van der Waals surface area contributed by atoms with Gasteiger partial charge in [0.2, 0.25) is 0 Å². The molecule has 0 fully saturated rings. The fraction of sp³-hybridized carbons (Fsp3) is 0.500. The summed E-state index contributed by atoms with van der Waals surface area (Å²) in [6.07, 6.45) is 3.92. The lowest BCUT2D eigenvalue weighted by atomic mass is 10.1. The lowest BCUT2D eigenvalue weighted by Gasteiger charge is -2.14. The van der Waals surface area contributed by atoms with Crippen molar-refractivity contribution < 1.29 is 4.79 Å². The topological polar surface area (TPSA) is 68.0 Å². The van der Waals surface area contributed by atoms with Gasteiger partial charge in [0.05, 0.1) is 0 Å². The summed E-state index contributed by atoms with van der Waals surface area (Å²) < 4.78 is 0. The van der Waals surface area contributed by atoms with E-state index in [1.54, 1.807) is 12.3 Å². The van der Waals surface area contributed by atoms with Gasteiger partial charge < -0.3 is 11.1 Å². The van der Waals surface area contributed by atoms with Crippen LogP contribution in [0.15, 0.2) is 18.3 Å². The van der Waals surface area contributed by atoms with E-state index in [1.807, 2.05) is 6.07 Å². The minimum atomic E-state index is -0.487. The predicted octanol–water partition coefficient (Wildman–Crippen LogP) is 1.46. The molecule has 0 atom stereocenters. The van der Waals surface area contributed by atoms with Gasteiger partial charge in [-0.25, -0.2) is 0 Å². The Morgan fingerprint density at radius 2 is 2.12 bits per heavy atom. The van der Waals surface area contributed by atoms with E-state index in [9.17, 15) is 4.79 Å². The molecular weight excluding hydrogens is 202 g/mol. The van der Waals surface area contributed by atoms with Crippen LogP contribution in [0.1, 0.15) is 42.7 Å². The van der Waals surface area contributed by atoms with Crippen LogP contribution in [0.25, 0.3) is 0 Å². The fourth-order valence-corrected chi connectivity index (χ4v) is 1.51. The van der Waals surface area contributed by atoms with E-state index in [2.05, 4.69) is 24.1 Å². The van der Waals surface area contributed by atoms with Gasteiger partial charge in [-0.2, -0.15) is 0 Å². The number of carbonyl (C=O) groups is 1. The van der Waals surface area contributed by atoms with Gasteiger partial charge in [0.1, 0.15) is 5.69 Å². The second-order valence-corrected chi connectivity index (χ2v) is 3.81. The van der Waals surface area contributed by atoms with Crippen LogP contribution in [-0.4, -0.2) is 16.9 Å². The molecule has 1 aromatic heterocycles. The van der Waals surface area contributed by atoms with Crippen molar-refractivity contribution in [3.63, 3.8) is 0 Å². The van der Waals surface area contributed by atoms with E-state index in [4.69, 9.17) is 5.73 Å². The van der Waals surface area contributed by atoms with E-state index < -0.39 is 5.91 Å². The largest absolute Gasteiger partial charge is 0.364 e. The molecule has 16 heavy (non-hydrogen) atoms. The second kappa shape index (κ2) is 6.23. The lowest BCUT2D eigenvalue weighted by molar-refractivity contribution is 0.0995. The summed E-state index contributed by atoms with van der Waals surface area (Å²) in [5.41, 5.74) is 6.49. The first-order chi connectivity index (χ1) is 7.67. The minimum Gasteiger partial charge on any atom is -0.364 e. The third-order valence-electron chi connectivity index (χ3n) is 2.66. The van der Waals surface area contributed by atoms with Crippen molar-refractivity contribution in [1.29, 1.82) is 0 Å². The number of hydrogen-bond acceptors (Lipinski definition) is 3. The summed E-state index contributed by atoms with van der Waals surface area (Å²) in [6.45, 7) is 5.10. The van der Waals surface area contributed by atoms with Crippen LogP contribution in [0.2, 0.25) is 0 Å². The van der Waals surface area contributed by atoms with Crippen LogP contribution in [0.5, 0.6) is 0 Å². The van der Waals surface area contributed by atoms with Gasteiger partial charge in [-0.05, 0) is 24.5 Å². The van der Waals surface area contributed by atoms with Gasteiger partial charge in [0.15, 0.2) is 0 Å². The first kappa shape index (κ1) is 12.6. The standard InChI is InChI=1S/C12H19N3O/c1-3-10(4-2)14-7-9-5-6-11(12(13)16)15-8-9/h5-6,8,10,14H,3-4,7H2,1-2H3,(H2,13,16). The summed E-state index contributed by atoms with van der Waals surface area (Å²) in [5, 5.41) is 3.43. The zero-order valence-corrected chi connectivity index (χ0v) is 9.86. The molecule has 1 rings (SSSR count). The molecule has 88 valence electrons. The Morgan fingerprint density at radius 3 is 2.56 bits per heavy atom. The fourth-order valence-electron chi connectivity index (χ4n) is 1.51. The van der Waals surface area contributed by atoms with Gasteiger partial charge in [0, 0.05) is 18.8 Å². The Bertz CT molecular complexity index is 331. The average Bonchev–Trinajstić information content (AvgIpc) is 2.31. The summed E-state index contributed by atoms with van der Waals surface area (Å²) in [4.78, 5) is 14.8. The number of pyridine rings is 1. The maximum atomic E-state index is 10.8. The zero-order chi connectivity index (χ0) is 12.0. The van der Waals surface area contributed by atoms with Crippen LogP contribution >= 0.6 is 0 Å². The van der Waals surface area contributed by atoms with Crippen LogP contribution in [0, 0.1) is 0 Å². The van der Waals surface area contributed by atoms with Crippen LogP contribution in [0.4, 0.5) is 0 Å². The Kier molecular flexibility index (Phi) is 4.92. The summed E-state index contributed by atoms with van der Waals surface area (Å²) >= 11 is 0. The van der Waals surface area contributed by atoms with Crippen molar-refractivity contribution in [1.82, 2.24) is 10.3 Å². The molecule has 1 amide bonds. The van der Waals surface area contributed by atoms with Gasteiger partial charge in [-0.15, -0.1) is 0 Å². The molecule has 1 heterocycles. The Hall–Kier alpha value is -1.42. The molecule has 0 aromatic carbocycles. The average molecular weight is 221 g/mol. The van der Waals surface area contributed by atoms with Gasteiger partial charge in [0.25, 0.3) is 5.91 Å². The van der Waals surface area contributed by atoms with Crippen molar-refractivity contribution in [2.24, 2.45) is 5.73 Å². The van der Waals surface area contributed by atoms with Crippen molar-refractivity contribution in [3.05, 3.63) is 29.6 Å². The molecule has 0 radical (unpaired) electrons. The molecule has 0 spiro atoms. The van der Waals surface area contributed by atoms with E-state index in [-0.39, 0.29) is 0 Å². The first-order valence-corrected chi connectivity index (χ1v) is 5.65. The van der Waals surface area contributed by atoms with Gasteiger partial charge in [-0.1, -0.05) is 19.9 Å². The summed E-state index contributed by atoms with van der Waals surface area (Å²) in [5.74, 6) is -0.487. The van der Waals surface area contributed by atoms with E-state index >= 15 is 0 Å². The number of nitrogens with zero attached hydrogens (tertiary/aromatic N) is 1. The molecule has 4 nitrogen and oxygen atoms in total. The number of aromatic nitrogens is 1. The molecule has 0 aliphatic carbocycles. The highest BCUT2D eigenvalue weighted by Gasteiger charge is 2.04. The summed E-state index contributed by atoms with van der Waals surface area (Å²) in [6, 6.07) is 4.07. The SMILES string of the molecule is CCC(CC)NCc1ccc(C(N)=O)nc1. The van der Waals surface area contributed by atoms with Crippen LogP contribution in [0.3, 0.4) is 0 Å². The number of nitrogens with two attached hydrogens (primary N) is 1. The molecule has 1 aromatic rings. The molecule has 0 unspecified atom stereocenters. The highest BCUT2D eigenvalue weighted by Crippen LogP contribution is 2.02. The molecule has 0 saturated heterocycles. The highest BCUT2D eigenvalue weighted by atomic mass is 16.1. The Balaban J connectivity index is 2.52. The molecule has 0 saturated carbocycles. The van der Waals surface area contributed by atoms with Crippen LogP contribution < -0.4 is 11.1 Å². The van der Waals surface area contributed by atoms with Crippen molar-refractivity contribution in [3.8, 4) is 0 Å². The number of rotatable bonds is 6. The molecule has 0 aliphatic heterocycles.